The van der Waals surface area contributed by atoms with E-state index in [1.807, 2.05) is 6.92 Å². The summed E-state index contributed by atoms with van der Waals surface area (Å²) in [7, 11) is -1.88. The summed E-state index contributed by atoms with van der Waals surface area (Å²) < 4.78 is 16.5. The number of nitro groups is 1. The number of fused-ring (bicyclic) bond motifs is 1. The van der Waals surface area contributed by atoms with Gasteiger partial charge in [-0.15, -0.1) is 0 Å². The summed E-state index contributed by atoms with van der Waals surface area (Å²) in [6.07, 6.45) is 1.42. The molecule has 2 heterocycles. The van der Waals surface area contributed by atoms with Crippen LogP contribution in [0.3, 0.4) is 0 Å². The molecule has 0 bridgehead atoms. The second-order valence-electron chi connectivity index (χ2n) is 9.38. The van der Waals surface area contributed by atoms with Crippen molar-refractivity contribution in [2.45, 2.75) is 58.7 Å². The third-order valence-electron chi connectivity index (χ3n) is 5.62. The Morgan fingerprint density at radius 1 is 1.25 bits per heavy atom. The molecule has 2 aliphatic rings. The highest BCUT2D eigenvalue weighted by atomic mass is 32.2. The lowest BCUT2D eigenvalue weighted by Crippen LogP contribution is -2.63. The normalized spacial score (nSPS) is 20.2. The lowest BCUT2D eigenvalue weighted by atomic mass is 9.83. The minimum Gasteiger partial charge on any atom is -0.463 e. The molecule has 2 aliphatic heterocycles. The number of ether oxygens (including phenoxy) is 2. The highest BCUT2D eigenvalue weighted by molar-refractivity contribution is 8.05. The van der Waals surface area contributed by atoms with Crippen molar-refractivity contribution in [2.24, 2.45) is 5.92 Å². The molecule has 0 unspecified atom stereocenters. The van der Waals surface area contributed by atoms with Gasteiger partial charge in [0.15, 0.2) is 8.32 Å². The van der Waals surface area contributed by atoms with E-state index in [4.69, 9.17) is 13.9 Å². The van der Waals surface area contributed by atoms with Crippen LogP contribution in [-0.2, 0) is 34.9 Å². The largest absolute Gasteiger partial charge is 0.463 e. The lowest BCUT2D eigenvalue weighted by Gasteiger charge is -2.47. The number of carbonyl (C=O) groups is 3. The minimum atomic E-state index is -1.88. The van der Waals surface area contributed by atoms with E-state index in [1.54, 1.807) is 6.92 Å². The second kappa shape index (κ2) is 11.4. The van der Waals surface area contributed by atoms with Gasteiger partial charge in [0.25, 0.3) is 5.69 Å². The van der Waals surface area contributed by atoms with Gasteiger partial charge in [0.05, 0.1) is 29.6 Å². The third kappa shape index (κ3) is 6.42. The van der Waals surface area contributed by atoms with Crippen LogP contribution in [0.4, 0.5) is 5.69 Å². The number of thioether (sulfide) groups is 1. The van der Waals surface area contributed by atoms with Crippen molar-refractivity contribution in [2.75, 3.05) is 6.61 Å². The standard InChI is InChI=1S/C24H30N2O8SSi/c1-6-32-20(27)11-12-35-19-13-18-21(15(2)34-36(3,4)5)23(28)25(18)22(19)24(29)33-14-16-7-9-17(10-8-16)26(30)31/h7-12,15,18,21H,6,13-14H2,1-5H3/b12-11-/t15-,18+,21-/m0/s1. The summed E-state index contributed by atoms with van der Waals surface area (Å²) >= 11 is 1.17. The van der Waals surface area contributed by atoms with E-state index in [2.05, 4.69) is 19.6 Å². The fourth-order valence-corrected chi connectivity index (χ4v) is 6.40. The zero-order chi connectivity index (χ0) is 26.6. The average Bonchev–Trinajstić information content (AvgIpc) is 3.11. The SMILES string of the molecule is CCOC(=O)/C=C\SC1=C(C(=O)OCc2ccc([N+](=O)[O-])cc2)N2C(=O)[C@@H]([C@H](C)O[Si](C)(C)C)[C@H]2C1. The topological polar surface area (TPSA) is 125 Å². The molecule has 3 atom stereocenters. The first-order chi connectivity index (χ1) is 16.9. The Morgan fingerprint density at radius 2 is 1.92 bits per heavy atom. The highest BCUT2D eigenvalue weighted by Gasteiger charge is 2.57. The summed E-state index contributed by atoms with van der Waals surface area (Å²) in [5, 5.41) is 12.4. The molecule has 36 heavy (non-hydrogen) atoms. The maximum Gasteiger partial charge on any atom is 0.356 e. The molecule has 1 aromatic carbocycles. The number of β-lactam (4-membered cyclic amide) rings is 1. The molecule has 0 aromatic heterocycles. The van der Waals surface area contributed by atoms with Gasteiger partial charge in [-0.3, -0.25) is 14.9 Å². The Bertz CT molecular complexity index is 1100. The number of carbonyl (C=O) groups excluding carboxylic acids is 3. The minimum absolute atomic E-state index is 0.0645. The monoisotopic (exact) mass is 534 g/mol. The fourth-order valence-electron chi connectivity index (χ4n) is 4.24. The maximum atomic E-state index is 13.1. The summed E-state index contributed by atoms with van der Waals surface area (Å²) in [6, 6.07) is 5.45. The number of hydrogen-bond donors (Lipinski definition) is 0. The van der Waals surface area contributed by atoms with Gasteiger partial charge in [-0.25, -0.2) is 9.59 Å². The first-order valence-electron chi connectivity index (χ1n) is 11.6. The Hall–Kier alpha value is -2.96. The maximum absolute atomic E-state index is 13.1. The van der Waals surface area contributed by atoms with Crippen LogP contribution in [0.25, 0.3) is 0 Å². The molecule has 3 rings (SSSR count). The fraction of sp³-hybridized carbons (Fsp3) is 0.458. The number of non-ortho nitro benzene ring substituents is 1. The molecule has 12 heteroatoms. The van der Waals surface area contributed by atoms with E-state index in [9.17, 15) is 24.5 Å². The highest BCUT2D eigenvalue weighted by Crippen LogP contribution is 2.48. The van der Waals surface area contributed by atoms with E-state index in [0.29, 0.717) is 16.9 Å². The van der Waals surface area contributed by atoms with Gasteiger partial charge in [-0.2, -0.15) is 0 Å². The van der Waals surface area contributed by atoms with Crippen LogP contribution in [0, 0.1) is 16.0 Å². The zero-order valence-electron chi connectivity index (χ0n) is 20.9. The molecule has 1 aromatic rings. The molecular weight excluding hydrogens is 504 g/mol. The van der Waals surface area contributed by atoms with Gasteiger partial charge in [-0.05, 0) is 56.6 Å². The molecule has 0 saturated carbocycles. The first kappa shape index (κ1) is 27.6. The van der Waals surface area contributed by atoms with E-state index in [1.165, 1.54) is 52.4 Å². The lowest BCUT2D eigenvalue weighted by molar-refractivity contribution is -0.384. The molecule has 194 valence electrons. The third-order valence-corrected chi connectivity index (χ3v) is 7.62. The van der Waals surface area contributed by atoms with Crippen LogP contribution in [0.5, 0.6) is 0 Å². The summed E-state index contributed by atoms with van der Waals surface area (Å²) in [4.78, 5) is 50.3. The van der Waals surface area contributed by atoms with Gasteiger partial charge in [0.2, 0.25) is 5.91 Å². The van der Waals surface area contributed by atoms with Crippen LogP contribution in [0.15, 0.2) is 46.4 Å². The Morgan fingerprint density at radius 3 is 2.50 bits per heavy atom. The number of rotatable bonds is 11. The zero-order valence-corrected chi connectivity index (χ0v) is 22.7. The van der Waals surface area contributed by atoms with Crippen molar-refractivity contribution in [3.05, 3.63) is 62.0 Å². The first-order valence-corrected chi connectivity index (χ1v) is 15.9. The molecule has 1 amide bonds. The van der Waals surface area contributed by atoms with Crippen LogP contribution in [-0.4, -0.2) is 54.7 Å². The van der Waals surface area contributed by atoms with Crippen molar-refractivity contribution < 1.29 is 33.2 Å². The molecule has 1 fully saturated rings. The number of amides is 1. The Kier molecular flexibility index (Phi) is 8.74. The number of nitro benzene ring substituents is 1. The van der Waals surface area contributed by atoms with Crippen LogP contribution in [0.2, 0.25) is 19.6 Å². The van der Waals surface area contributed by atoms with Gasteiger partial charge in [0.1, 0.15) is 12.3 Å². The molecule has 0 N–H and O–H groups in total. The summed E-state index contributed by atoms with van der Waals surface area (Å²) in [6.45, 7) is 9.90. The summed E-state index contributed by atoms with van der Waals surface area (Å²) in [5.74, 6) is -1.74. The number of esters is 2. The van der Waals surface area contributed by atoms with Crippen molar-refractivity contribution in [3.63, 3.8) is 0 Å². The Labute approximate surface area is 214 Å². The van der Waals surface area contributed by atoms with Crippen molar-refractivity contribution in [1.82, 2.24) is 4.90 Å². The van der Waals surface area contributed by atoms with Crippen LogP contribution < -0.4 is 0 Å². The molecule has 0 radical (unpaired) electrons. The smallest absolute Gasteiger partial charge is 0.356 e. The van der Waals surface area contributed by atoms with Crippen LogP contribution >= 0.6 is 11.8 Å². The second-order valence-corrected chi connectivity index (χ2v) is 14.8. The predicted molar refractivity (Wildman–Crippen MR) is 136 cm³/mol. The summed E-state index contributed by atoms with van der Waals surface area (Å²) in [5.41, 5.74) is 0.665. The van der Waals surface area contributed by atoms with E-state index in [-0.39, 0.29) is 48.6 Å². The molecule has 1 saturated heterocycles. The molecule has 0 aliphatic carbocycles. The van der Waals surface area contributed by atoms with Crippen molar-refractivity contribution in [3.8, 4) is 0 Å². The Balaban J connectivity index is 1.77. The molecular formula is C24H30N2O8SSi. The van der Waals surface area contributed by atoms with Gasteiger partial charge >= 0.3 is 11.9 Å². The van der Waals surface area contributed by atoms with Crippen molar-refractivity contribution in [1.29, 1.82) is 0 Å². The number of hydrogen-bond acceptors (Lipinski definition) is 9. The van der Waals surface area contributed by atoms with E-state index < -0.39 is 25.2 Å². The van der Waals surface area contributed by atoms with Gasteiger partial charge in [0, 0.05) is 29.5 Å². The molecule has 10 nitrogen and oxygen atoms in total. The number of benzene rings is 1. The average molecular weight is 535 g/mol. The molecule has 0 spiro atoms. The quantitative estimate of drug-likeness (QED) is 0.103. The number of nitrogens with zero attached hydrogens (tertiary/aromatic N) is 2. The van der Waals surface area contributed by atoms with Crippen LogP contribution in [0.1, 0.15) is 25.8 Å². The van der Waals surface area contributed by atoms with Gasteiger partial charge in [-0.1, -0.05) is 11.8 Å². The predicted octanol–water partition coefficient (Wildman–Crippen LogP) is 4.13. The van der Waals surface area contributed by atoms with E-state index >= 15 is 0 Å². The van der Waals surface area contributed by atoms with Crippen molar-refractivity contribution >= 4 is 43.6 Å². The van der Waals surface area contributed by atoms with Gasteiger partial charge < -0.3 is 18.8 Å². The van der Waals surface area contributed by atoms with E-state index in [0.717, 1.165) is 0 Å².